The van der Waals surface area contributed by atoms with Gasteiger partial charge in [-0.3, -0.25) is 4.79 Å². The largest absolute Gasteiger partial charge is 0.497 e. The molecule has 1 N–H and O–H groups in total. The number of aromatic carboxylic acids is 1. The monoisotopic (exact) mass is 343 g/mol. The van der Waals surface area contributed by atoms with Gasteiger partial charge in [0.2, 0.25) is 0 Å². The first-order valence-corrected chi connectivity index (χ1v) is 8.40. The number of hydrogen-bond donors (Lipinski definition) is 1. The molecule has 0 spiro atoms. The molecular formula is C19H21NO5. The number of aryl methyl sites for hydroxylation is 2. The number of furan rings is 1. The highest BCUT2D eigenvalue weighted by Gasteiger charge is 2.27. The fourth-order valence-corrected chi connectivity index (χ4v) is 3.18. The second kappa shape index (κ2) is 7.01. The Morgan fingerprint density at radius 2 is 2.08 bits per heavy atom. The summed E-state index contributed by atoms with van der Waals surface area (Å²) in [6.07, 6.45) is 3.14. The molecule has 2 aromatic rings. The van der Waals surface area contributed by atoms with Crippen LogP contribution in [0.25, 0.3) is 0 Å². The van der Waals surface area contributed by atoms with E-state index in [0.29, 0.717) is 18.7 Å². The number of anilines is 1. The number of carbonyl (C=O) groups is 2. The van der Waals surface area contributed by atoms with Crippen molar-refractivity contribution in [3.8, 4) is 5.75 Å². The van der Waals surface area contributed by atoms with Crippen LogP contribution in [-0.2, 0) is 12.8 Å². The van der Waals surface area contributed by atoms with Crippen LogP contribution < -0.4 is 9.64 Å². The predicted octanol–water partition coefficient (Wildman–Crippen LogP) is 3.53. The maximum atomic E-state index is 13.0. The topological polar surface area (TPSA) is 80.0 Å². The number of ether oxygens (including phenoxy) is 1. The van der Waals surface area contributed by atoms with E-state index < -0.39 is 5.97 Å². The molecular weight excluding hydrogens is 322 g/mol. The lowest BCUT2D eigenvalue weighted by Crippen LogP contribution is -2.31. The predicted molar refractivity (Wildman–Crippen MR) is 92.7 cm³/mol. The molecule has 3 rings (SSSR count). The van der Waals surface area contributed by atoms with E-state index in [0.717, 1.165) is 36.3 Å². The van der Waals surface area contributed by atoms with Crippen molar-refractivity contribution in [3.63, 3.8) is 0 Å². The van der Waals surface area contributed by atoms with Gasteiger partial charge in [-0.1, -0.05) is 6.92 Å². The highest BCUT2D eigenvalue weighted by Crippen LogP contribution is 2.31. The molecule has 1 aromatic carbocycles. The number of carboxylic acids is 1. The molecule has 0 saturated heterocycles. The zero-order valence-electron chi connectivity index (χ0n) is 14.4. The molecule has 1 aromatic heterocycles. The number of amides is 1. The first-order chi connectivity index (χ1) is 12.0. The zero-order chi connectivity index (χ0) is 18.0. The lowest BCUT2D eigenvalue weighted by Gasteiger charge is -2.22. The Morgan fingerprint density at radius 1 is 1.28 bits per heavy atom. The number of carboxylic acid groups (broad SMARTS) is 1. The number of hydrogen-bond acceptors (Lipinski definition) is 4. The maximum absolute atomic E-state index is 13.0. The molecule has 2 heterocycles. The molecule has 0 bridgehead atoms. The van der Waals surface area contributed by atoms with Gasteiger partial charge in [-0.25, -0.2) is 4.79 Å². The Balaban J connectivity index is 1.99. The smallest absolute Gasteiger partial charge is 0.339 e. The van der Waals surface area contributed by atoms with E-state index in [1.807, 2.05) is 18.2 Å². The normalized spacial score (nSPS) is 13.9. The third kappa shape index (κ3) is 3.24. The summed E-state index contributed by atoms with van der Waals surface area (Å²) >= 11 is 0. The van der Waals surface area contributed by atoms with Crippen LogP contribution in [0.2, 0.25) is 0 Å². The third-order valence-electron chi connectivity index (χ3n) is 4.47. The average molecular weight is 343 g/mol. The summed E-state index contributed by atoms with van der Waals surface area (Å²) in [6.45, 7) is 2.37. The fraction of sp³-hybridized carbons (Fsp3) is 0.368. The molecule has 0 saturated carbocycles. The number of nitrogens with zero attached hydrogens (tertiary/aromatic N) is 1. The minimum Gasteiger partial charge on any atom is -0.497 e. The van der Waals surface area contributed by atoms with Crippen molar-refractivity contribution in [2.45, 2.75) is 32.6 Å². The molecule has 1 aliphatic heterocycles. The molecule has 6 nitrogen and oxygen atoms in total. The van der Waals surface area contributed by atoms with Crippen LogP contribution in [0.1, 0.15) is 52.0 Å². The van der Waals surface area contributed by atoms with Gasteiger partial charge in [-0.05, 0) is 43.0 Å². The molecule has 0 radical (unpaired) electrons. The van der Waals surface area contributed by atoms with Gasteiger partial charge in [0.1, 0.15) is 17.1 Å². The molecule has 0 aliphatic carbocycles. The van der Waals surface area contributed by atoms with Gasteiger partial charge < -0.3 is 19.2 Å². The lowest BCUT2D eigenvalue weighted by molar-refractivity contribution is 0.0694. The summed E-state index contributed by atoms with van der Waals surface area (Å²) in [4.78, 5) is 26.0. The summed E-state index contributed by atoms with van der Waals surface area (Å²) in [5, 5.41) is 9.26. The summed E-state index contributed by atoms with van der Waals surface area (Å²) in [6, 6.07) is 6.98. The minimum atomic E-state index is -1.08. The summed E-state index contributed by atoms with van der Waals surface area (Å²) in [5.41, 5.74) is 1.93. The molecule has 132 valence electrons. The quantitative estimate of drug-likeness (QED) is 0.918. The number of methoxy groups -OCH3 is 1. The van der Waals surface area contributed by atoms with Crippen molar-refractivity contribution in [3.05, 3.63) is 46.9 Å². The molecule has 6 heteroatoms. The van der Waals surface area contributed by atoms with Gasteiger partial charge in [0.05, 0.1) is 7.11 Å². The first-order valence-electron chi connectivity index (χ1n) is 8.40. The van der Waals surface area contributed by atoms with Crippen LogP contribution in [0.4, 0.5) is 5.69 Å². The van der Waals surface area contributed by atoms with E-state index in [1.165, 1.54) is 6.07 Å². The third-order valence-corrected chi connectivity index (χ3v) is 4.47. The van der Waals surface area contributed by atoms with Gasteiger partial charge in [-0.2, -0.15) is 0 Å². The Morgan fingerprint density at radius 3 is 2.72 bits per heavy atom. The Labute approximate surface area is 146 Å². The van der Waals surface area contributed by atoms with E-state index in [9.17, 15) is 14.7 Å². The number of fused-ring (bicyclic) bond motifs is 1. The minimum absolute atomic E-state index is 0.0515. The Bertz CT molecular complexity index is 808. The van der Waals surface area contributed by atoms with Gasteiger partial charge in [0.15, 0.2) is 5.76 Å². The number of carbonyl (C=O) groups excluding carboxylic acids is 1. The Hall–Kier alpha value is -2.76. The molecule has 1 aliphatic rings. The molecule has 0 atom stereocenters. The maximum Gasteiger partial charge on any atom is 0.339 e. The molecule has 25 heavy (non-hydrogen) atoms. The molecule has 0 unspecified atom stereocenters. The highest BCUT2D eigenvalue weighted by atomic mass is 16.5. The van der Waals surface area contributed by atoms with Crippen LogP contribution in [0.15, 0.2) is 28.7 Å². The average Bonchev–Trinajstić information content (AvgIpc) is 2.95. The summed E-state index contributed by atoms with van der Waals surface area (Å²) < 4.78 is 10.8. The van der Waals surface area contributed by atoms with Gasteiger partial charge in [0, 0.05) is 24.7 Å². The standard InChI is InChI=1S/C19H21NO5/c1-3-16-14(19(22)23)11-17(25-16)18(21)20-9-5-4-6-12-10-13(24-2)7-8-15(12)20/h7-8,10-11H,3-6,9H2,1-2H3,(H,22,23). The zero-order valence-corrected chi connectivity index (χ0v) is 14.4. The van der Waals surface area contributed by atoms with Crippen molar-refractivity contribution in [1.82, 2.24) is 0 Å². The lowest BCUT2D eigenvalue weighted by atomic mass is 10.1. The van der Waals surface area contributed by atoms with Crippen LogP contribution in [0, 0.1) is 0 Å². The van der Waals surface area contributed by atoms with E-state index >= 15 is 0 Å². The second-order valence-corrected chi connectivity index (χ2v) is 6.01. The number of benzene rings is 1. The van der Waals surface area contributed by atoms with Crippen LogP contribution >= 0.6 is 0 Å². The van der Waals surface area contributed by atoms with Gasteiger partial charge >= 0.3 is 5.97 Å². The SMILES string of the molecule is CCc1oc(C(=O)N2CCCCc3cc(OC)ccc32)cc1C(=O)O. The molecule has 1 amide bonds. The van der Waals surface area contributed by atoms with E-state index in [1.54, 1.807) is 18.9 Å². The summed E-state index contributed by atoms with van der Waals surface area (Å²) in [5.74, 6) is -0.248. The van der Waals surface area contributed by atoms with E-state index in [-0.39, 0.29) is 17.2 Å². The van der Waals surface area contributed by atoms with Gasteiger partial charge in [0.25, 0.3) is 5.91 Å². The van der Waals surface area contributed by atoms with Crippen molar-refractivity contribution in [2.24, 2.45) is 0 Å². The van der Waals surface area contributed by atoms with Crippen molar-refractivity contribution >= 4 is 17.6 Å². The van der Waals surface area contributed by atoms with Crippen LogP contribution in [0.5, 0.6) is 5.75 Å². The van der Waals surface area contributed by atoms with Crippen molar-refractivity contribution in [2.75, 3.05) is 18.6 Å². The van der Waals surface area contributed by atoms with Crippen molar-refractivity contribution < 1.29 is 23.8 Å². The fourth-order valence-electron chi connectivity index (χ4n) is 3.18. The van der Waals surface area contributed by atoms with Crippen LogP contribution in [-0.4, -0.2) is 30.6 Å². The van der Waals surface area contributed by atoms with E-state index in [2.05, 4.69) is 0 Å². The van der Waals surface area contributed by atoms with Crippen molar-refractivity contribution in [1.29, 1.82) is 0 Å². The highest BCUT2D eigenvalue weighted by molar-refractivity contribution is 6.06. The summed E-state index contributed by atoms with van der Waals surface area (Å²) in [7, 11) is 1.61. The van der Waals surface area contributed by atoms with Crippen LogP contribution in [0.3, 0.4) is 0 Å². The molecule has 0 fully saturated rings. The second-order valence-electron chi connectivity index (χ2n) is 6.01. The van der Waals surface area contributed by atoms with E-state index in [4.69, 9.17) is 9.15 Å². The van der Waals surface area contributed by atoms with Gasteiger partial charge in [-0.15, -0.1) is 0 Å². The first kappa shape index (κ1) is 17.1. The number of rotatable bonds is 4. The Kier molecular flexibility index (Phi) is 4.79.